The molecule has 0 bridgehead atoms. The third-order valence-electron chi connectivity index (χ3n) is 9.34. The molecular weight excluding hydrogens is 510 g/mol. The van der Waals surface area contributed by atoms with Gasteiger partial charge in [-0.25, -0.2) is 4.79 Å². The number of anilines is 1. The molecule has 1 fully saturated rings. The maximum absolute atomic E-state index is 13.4. The summed E-state index contributed by atoms with van der Waals surface area (Å²) >= 11 is 1.55. The highest BCUT2D eigenvalue weighted by Gasteiger charge is 2.55. The van der Waals surface area contributed by atoms with Gasteiger partial charge in [0.1, 0.15) is 16.5 Å². The van der Waals surface area contributed by atoms with Gasteiger partial charge in [-0.2, -0.15) is 0 Å². The minimum Gasteiger partial charge on any atom is -0.497 e. The van der Waals surface area contributed by atoms with Crippen LogP contribution >= 0.6 is 11.3 Å². The van der Waals surface area contributed by atoms with Crippen molar-refractivity contribution in [2.24, 2.45) is 11.8 Å². The summed E-state index contributed by atoms with van der Waals surface area (Å²) in [5.41, 5.74) is 4.96. The molecule has 1 amide bonds. The van der Waals surface area contributed by atoms with E-state index in [2.05, 4.69) is 30.4 Å². The van der Waals surface area contributed by atoms with Gasteiger partial charge < -0.3 is 19.5 Å². The van der Waals surface area contributed by atoms with Crippen LogP contribution in [0.2, 0.25) is 0 Å². The molecule has 4 atom stereocenters. The predicted octanol–water partition coefficient (Wildman–Crippen LogP) is 6.76. The van der Waals surface area contributed by atoms with Crippen molar-refractivity contribution in [1.82, 2.24) is 0 Å². The Morgan fingerprint density at radius 3 is 2.51 bits per heavy atom. The maximum atomic E-state index is 13.4. The maximum Gasteiger partial charge on any atom is 0.341 e. The number of aryl methyl sites for hydroxylation is 1. The second-order valence-electron chi connectivity index (χ2n) is 11.1. The minimum absolute atomic E-state index is 0.123. The molecule has 0 spiro atoms. The molecule has 1 aromatic heterocycles. The second kappa shape index (κ2) is 10.0. The van der Waals surface area contributed by atoms with E-state index in [4.69, 9.17) is 14.2 Å². The first-order chi connectivity index (χ1) is 18.9. The lowest BCUT2D eigenvalue weighted by molar-refractivity contribution is 0.0519. The first-order valence-corrected chi connectivity index (χ1v) is 14.6. The molecule has 3 aromatic rings. The number of hydrogen-bond donors (Lipinski definition) is 1. The second-order valence-corrected chi connectivity index (χ2v) is 12.3. The highest BCUT2D eigenvalue weighted by Crippen LogP contribution is 2.63. The van der Waals surface area contributed by atoms with Crippen LogP contribution in [0.1, 0.15) is 81.3 Å². The molecule has 6 nitrogen and oxygen atoms in total. The highest BCUT2D eigenvalue weighted by molar-refractivity contribution is 7.17. The lowest BCUT2D eigenvalue weighted by Gasteiger charge is -2.49. The van der Waals surface area contributed by atoms with Gasteiger partial charge in [-0.1, -0.05) is 13.0 Å². The number of nitrogens with one attached hydrogen (secondary N) is 1. The van der Waals surface area contributed by atoms with Gasteiger partial charge in [0.25, 0.3) is 5.91 Å². The molecule has 3 aliphatic rings. The molecule has 0 aliphatic heterocycles. The molecule has 0 unspecified atom stereocenters. The van der Waals surface area contributed by atoms with E-state index in [1.54, 1.807) is 49.8 Å². The van der Waals surface area contributed by atoms with Crippen molar-refractivity contribution in [2.75, 3.05) is 26.1 Å². The van der Waals surface area contributed by atoms with Crippen molar-refractivity contribution in [3.63, 3.8) is 0 Å². The largest absolute Gasteiger partial charge is 0.497 e. The molecule has 2 aromatic carbocycles. The van der Waals surface area contributed by atoms with E-state index >= 15 is 0 Å². The van der Waals surface area contributed by atoms with Gasteiger partial charge >= 0.3 is 5.97 Å². The average molecular weight is 546 g/mol. The Morgan fingerprint density at radius 1 is 1.05 bits per heavy atom. The van der Waals surface area contributed by atoms with Gasteiger partial charge in [0, 0.05) is 10.4 Å². The first-order valence-electron chi connectivity index (χ1n) is 13.8. The summed E-state index contributed by atoms with van der Waals surface area (Å²) in [7, 11) is 3.32. The third-order valence-corrected chi connectivity index (χ3v) is 10.5. The van der Waals surface area contributed by atoms with Crippen molar-refractivity contribution in [1.29, 1.82) is 0 Å². The van der Waals surface area contributed by atoms with Gasteiger partial charge in [-0.3, -0.25) is 4.79 Å². The van der Waals surface area contributed by atoms with Crippen LogP contribution in [-0.2, 0) is 23.0 Å². The zero-order valence-electron chi connectivity index (χ0n) is 23.0. The van der Waals surface area contributed by atoms with E-state index in [1.165, 1.54) is 16.0 Å². The molecule has 6 rings (SSSR count). The van der Waals surface area contributed by atoms with Gasteiger partial charge in [-0.05, 0) is 115 Å². The Kier molecular flexibility index (Phi) is 6.66. The van der Waals surface area contributed by atoms with Crippen LogP contribution in [0.5, 0.6) is 11.5 Å². The van der Waals surface area contributed by atoms with Crippen molar-refractivity contribution in [2.45, 2.75) is 57.3 Å². The summed E-state index contributed by atoms with van der Waals surface area (Å²) in [4.78, 5) is 27.8. The fraction of sp³-hybridized carbons (Fsp3) is 0.438. The molecule has 3 aliphatic carbocycles. The predicted molar refractivity (Wildman–Crippen MR) is 153 cm³/mol. The molecule has 39 heavy (non-hydrogen) atoms. The Morgan fingerprint density at radius 2 is 1.79 bits per heavy atom. The summed E-state index contributed by atoms with van der Waals surface area (Å²) in [6.07, 6.45) is 5.24. The van der Waals surface area contributed by atoms with Crippen LogP contribution in [0, 0.1) is 11.8 Å². The molecule has 7 heteroatoms. The molecule has 204 valence electrons. The average Bonchev–Trinajstić information content (AvgIpc) is 3.46. The van der Waals surface area contributed by atoms with E-state index < -0.39 is 0 Å². The summed E-state index contributed by atoms with van der Waals surface area (Å²) in [5.74, 6) is 2.60. The summed E-state index contributed by atoms with van der Waals surface area (Å²) < 4.78 is 16.3. The van der Waals surface area contributed by atoms with Crippen LogP contribution in [-0.4, -0.2) is 32.7 Å². The number of fused-ring (bicyclic) bond motifs is 7. The first kappa shape index (κ1) is 25.9. The monoisotopic (exact) mass is 545 g/mol. The Balaban J connectivity index is 1.33. The Bertz CT molecular complexity index is 1430. The number of hydrogen-bond acceptors (Lipinski definition) is 6. The van der Waals surface area contributed by atoms with Crippen LogP contribution in [0.3, 0.4) is 0 Å². The van der Waals surface area contributed by atoms with Crippen LogP contribution in [0.25, 0.3) is 0 Å². The smallest absolute Gasteiger partial charge is 0.341 e. The number of methoxy groups -OCH3 is 2. The summed E-state index contributed by atoms with van der Waals surface area (Å²) in [6.45, 7) is 4.46. The number of carbonyl (C=O) groups is 2. The van der Waals surface area contributed by atoms with E-state index in [9.17, 15) is 9.59 Å². The standard InChI is InChI=1S/C32H35NO5S/c1-5-38-31(35)27-28-26(39-30(27)33-29(34)18-6-9-20(36-3)10-7-18)17-25-24-12-8-19-16-21(37-4)11-13-22(19)23(24)14-15-32(25,28)2/h6-7,9-11,13,16,23-25H,5,8,12,14-15,17H2,1-4H3,(H,33,34)/t23-,24+,25+,32-/m1/s1. The lowest BCUT2D eigenvalue weighted by atomic mass is 9.54. The van der Waals surface area contributed by atoms with Crippen molar-refractivity contribution in [3.05, 3.63) is 75.2 Å². The number of ether oxygens (including phenoxy) is 3. The quantitative estimate of drug-likeness (QED) is 0.346. The van der Waals surface area contributed by atoms with E-state index in [-0.39, 0.29) is 17.3 Å². The molecule has 1 N–H and O–H groups in total. The zero-order valence-corrected chi connectivity index (χ0v) is 23.8. The van der Waals surface area contributed by atoms with E-state index in [0.29, 0.717) is 46.2 Å². The Hall–Kier alpha value is -3.32. The number of benzene rings is 2. The third kappa shape index (κ3) is 4.22. The lowest BCUT2D eigenvalue weighted by Crippen LogP contribution is -2.43. The van der Waals surface area contributed by atoms with Crippen molar-refractivity contribution < 1.29 is 23.8 Å². The van der Waals surface area contributed by atoms with Crippen molar-refractivity contribution >= 4 is 28.2 Å². The van der Waals surface area contributed by atoms with Gasteiger partial charge in [0.05, 0.1) is 26.4 Å². The van der Waals surface area contributed by atoms with Gasteiger partial charge in [0.15, 0.2) is 0 Å². The zero-order chi connectivity index (χ0) is 27.3. The van der Waals surface area contributed by atoms with Gasteiger partial charge in [0.2, 0.25) is 0 Å². The number of thiophene rings is 1. The number of rotatable bonds is 6. The summed E-state index contributed by atoms with van der Waals surface area (Å²) in [5, 5.41) is 3.65. The fourth-order valence-corrected chi connectivity index (χ4v) is 8.90. The SMILES string of the molecule is CCOC(=O)c1c(NC(=O)c2ccc(OC)cc2)sc2c1[C@]1(C)CC[C@@H]3c4ccc(OC)cc4CC[C@@H]3[C@@H]1C2. The van der Waals surface area contributed by atoms with E-state index in [1.807, 2.05) is 6.92 Å². The molecule has 1 heterocycles. The van der Waals surface area contributed by atoms with Crippen LogP contribution in [0.15, 0.2) is 42.5 Å². The number of carbonyl (C=O) groups excluding carboxylic acids is 2. The van der Waals surface area contributed by atoms with Crippen LogP contribution < -0.4 is 14.8 Å². The molecule has 0 saturated heterocycles. The van der Waals surface area contributed by atoms with Gasteiger partial charge in [-0.15, -0.1) is 11.3 Å². The van der Waals surface area contributed by atoms with Crippen molar-refractivity contribution in [3.8, 4) is 11.5 Å². The minimum atomic E-state index is -0.342. The number of esters is 1. The highest BCUT2D eigenvalue weighted by atomic mass is 32.1. The normalized spacial score (nSPS) is 24.6. The molecule has 0 radical (unpaired) electrons. The van der Waals surface area contributed by atoms with Crippen LogP contribution in [0.4, 0.5) is 5.00 Å². The van der Waals surface area contributed by atoms with E-state index in [0.717, 1.165) is 43.4 Å². The molecular formula is C32H35NO5S. The Labute approximate surface area is 233 Å². The number of amides is 1. The molecule has 1 saturated carbocycles. The summed E-state index contributed by atoms with van der Waals surface area (Å²) in [6, 6.07) is 13.6. The topological polar surface area (TPSA) is 73.9 Å². The fourth-order valence-electron chi connectivity index (χ4n) is 7.52.